The van der Waals surface area contributed by atoms with E-state index < -0.39 is 5.82 Å². The van der Waals surface area contributed by atoms with Gasteiger partial charge in [-0.2, -0.15) is 5.10 Å². The molecule has 8 heteroatoms. The Hall–Kier alpha value is -2.77. The molecule has 0 amide bonds. The number of rotatable bonds is 2. The summed E-state index contributed by atoms with van der Waals surface area (Å²) in [4.78, 5) is 12.2. The molecule has 0 bridgehead atoms. The first-order valence-electron chi connectivity index (χ1n) is 5.85. The minimum absolute atomic E-state index is 0.0647. The molecule has 0 fully saturated rings. The van der Waals surface area contributed by atoms with Gasteiger partial charge in [0.1, 0.15) is 11.2 Å². The average Bonchev–Trinajstić information content (AvgIpc) is 2.80. The van der Waals surface area contributed by atoms with Crippen molar-refractivity contribution in [2.75, 3.05) is 5.73 Å². The predicted octanol–water partition coefficient (Wildman–Crippen LogP) is 0.295. The Labute approximate surface area is 112 Å². The van der Waals surface area contributed by atoms with Crippen molar-refractivity contribution in [2.24, 2.45) is 7.05 Å². The second-order valence-electron chi connectivity index (χ2n) is 4.41. The normalized spacial score (nSPS) is 11.1. The van der Waals surface area contributed by atoms with Gasteiger partial charge < -0.3 is 5.73 Å². The first-order valence-corrected chi connectivity index (χ1v) is 5.85. The summed E-state index contributed by atoms with van der Waals surface area (Å²) in [7, 11) is 1.68. The van der Waals surface area contributed by atoms with E-state index in [1.807, 2.05) is 0 Å². The maximum atomic E-state index is 13.4. The first kappa shape index (κ1) is 12.3. The van der Waals surface area contributed by atoms with Crippen molar-refractivity contribution in [1.82, 2.24) is 24.8 Å². The molecule has 0 saturated heterocycles. The van der Waals surface area contributed by atoms with E-state index in [4.69, 9.17) is 5.73 Å². The molecule has 2 N–H and O–H groups in total. The fourth-order valence-corrected chi connectivity index (χ4v) is 1.92. The largest absolute Gasteiger partial charge is 0.396 e. The van der Waals surface area contributed by atoms with Crippen LogP contribution in [0, 0.1) is 5.82 Å². The standard InChI is InChI=1S/C12H11FN6O/c1-18-11-8(5-15-18)12(20)19(17-16-11)6-7-2-3-10(14)9(13)4-7/h2-5H,6,14H2,1H3. The van der Waals surface area contributed by atoms with E-state index in [1.165, 1.54) is 23.0 Å². The highest BCUT2D eigenvalue weighted by atomic mass is 19.1. The van der Waals surface area contributed by atoms with Gasteiger partial charge >= 0.3 is 0 Å². The molecule has 7 nitrogen and oxygen atoms in total. The van der Waals surface area contributed by atoms with Gasteiger partial charge in [0, 0.05) is 7.05 Å². The highest BCUT2D eigenvalue weighted by Gasteiger charge is 2.10. The molecule has 0 aliphatic rings. The van der Waals surface area contributed by atoms with Crippen molar-refractivity contribution in [1.29, 1.82) is 0 Å². The fraction of sp³-hybridized carbons (Fsp3) is 0.167. The van der Waals surface area contributed by atoms with Crippen LogP contribution >= 0.6 is 0 Å². The van der Waals surface area contributed by atoms with E-state index >= 15 is 0 Å². The number of hydrogen-bond acceptors (Lipinski definition) is 5. The number of fused-ring (bicyclic) bond motifs is 1. The molecule has 0 aliphatic heterocycles. The highest BCUT2D eigenvalue weighted by Crippen LogP contribution is 2.12. The Balaban J connectivity index is 2.04. The Morgan fingerprint density at radius 2 is 2.20 bits per heavy atom. The van der Waals surface area contributed by atoms with Crippen LogP contribution in [-0.4, -0.2) is 24.8 Å². The summed E-state index contributed by atoms with van der Waals surface area (Å²) in [6, 6.07) is 4.36. The van der Waals surface area contributed by atoms with Gasteiger partial charge in [0.05, 0.1) is 18.4 Å². The van der Waals surface area contributed by atoms with Gasteiger partial charge in [-0.3, -0.25) is 4.79 Å². The van der Waals surface area contributed by atoms with E-state index in [2.05, 4.69) is 15.4 Å². The highest BCUT2D eigenvalue weighted by molar-refractivity contribution is 5.72. The molecule has 0 aliphatic carbocycles. The van der Waals surface area contributed by atoms with Crippen molar-refractivity contribution in [3.8, 4) is 0 Å². The SMILES string of the molecule is Cn1ncc2c(=O)n(Cc3ccc(N)c(F)c3)nnc21. The molecule has 1 aromatic carbocycles. The number of anilines is 1. The van der Waals surface area contributed by atoms with Crippen LogP contribution in [0.25, 0.3) is 11.0 Å². The van der Waals surface area contributed by atoms with Crippen LogP contribution < -0.4 is 11.3 Å². The first-order chi connectivity index (χ1) is 9.56. The van der Waals surface area contributed by atoms with Crippen LogP contribution in [-0.2, 0) is 13.6 Å². The predicted molar refractivity (Wildman–Crippen MR) is 70.5 cm³/mol. The third kappa shape index (κ3) is 1.91. The van der Waals surface area contributed by atoms with Crippen LogP contribution in [0.3, 0.4) is 0 Å². The molecule has 0 spiro atoms. The lowest BCUT2D eigenvalue weighted by Crippen LogP contribution is -2.24. The van der Waals surface area contributed by atoms with Gasteiger partial charge in [0.15, 0.2) is 5.65 Å². The lowest BCUT2D eigenvalue weighted by atomic mass is 10.2. The van der Waals surface area contributed by atoms with Gasteiger partial charge in [-0.1, -0.05) is 11.3 Å². The van der Waals surface area contributed by atoms with Crippen molar-refractivity contribution in [3.05, 3.63) is 46.1 Å². The molecular weight excluding hydrogens is 263 g/mol. The van der Waals surface area contributed by atoms with Gasteiger partial charge in [-0.05, 0) is 17.7 Å². The number of aromatic nitrogens is 5. The maximum absolute atomic E-state index is 13.4. The maximum Gasteiger partial charge on any atom is 0.281 e. The van der Waals surface area contributed by atoms with Crippen LogP contribution in [0.4, 0.5) is 10.1 Å². The van der Waals surface area contributed by atoms with E-state index in [-0.39, 0.29) is 17.8 Å². The van der Waals surface area contributed by atoms with Crippen LogP contribution in [0.5, 0.6) is 0 Å². The van der Waals surface area contributed by atoms with E-state index in [0.717, 1.165) is 4.68 Å². The van der Waals surface area contributed by atoms with Gasteiger partial charge in [0.2, 0.25) is 0 Å². The zero-order valence-corrected chi connectivity index (χ0v) is 10.6. The Morgan fingerprint density at radius 1 is 1.40 bits per heavy atom. The molecular formula is C12H11FN6O. The molecule has 0 atom stereocenters. The van der Waals surface area contributed by atoms with E-state index in [0.29, 0.717) is 16.6 Å². The molecule has 102 valence electrons. The summed E-state index contributed by atoms with van der Waals surface area (Å²) < 4.78 is 16.0. The van der Waals surface area contributed by atoms with E-state index in [9.17, 15) is 9.18 Å². The average molecular weight is 274 g/mol. The van der Waals surface area contributed by atoms with Crippen LogP contribution in [0.15, 0.2) is 29.2 Å². The summed E-state index contributed by atoms with van der Waals surface area (Å²) in [5, 5.41) is 12.1. The molecule has 2 heterocycles. The molecule has 2 aromatic heterocycles. The number of nitrogens with zero attached hydrogens (tertiary/aromatic N) is 5. The Morgan fingerprint density at radius 3 is 2.95 bits per heavy atom. The Bertz CT molecular complexity index is 853. The van der Waals surface area contributed by atoms with Crippen molar-refractivity contribution >= 4 is 16.7 Å². The van der Waals surface area contributed by atoms with Crippen molar-refractivity contribution < 1.29 is 4.39 Å². The smallest absolute Gasteiger partial charge is 0.281 e. The molecule has 0 saturated carbocycles. The zero-order chi connectivity index (χ0) is 14.3. The molecule has 0 unspecified atom stereocenters. The topological polar surface area (TPSA) is 91.6 Å². The fourth-order valence-electron chi connectivity index (χ4n) is 1.92. The number of aryl methyl sites for hydroxylation is 1. The second kappa shape index (κ2) is 4.41. The van der Waals surface area contributed by atoms with Crippen LogP contribution in [0.2, 0.25) is 0 Å². The number of nitrogen functional groups attached to an aromatic ring is 1. The van der Waals surface area contributed by atoms with Gasteiger partial charge in [-0.15, -0.1) is 5.10 Å². The molecule has 20 heavy (non-hydrogen) atoms. The summed E-state index contributed by atoms with van der Waals surface area (Å²) in [6.45, 7) is 0.119. The lowest BCUT2D eigenvalue weighted by Gasteiger charge is -2.05. The number of benzene rings is 1. The van der Waals surface area contributed by atoms with E-state index in [1.54, 1.807) is 13.1 Å². The lowest BCUT2D eigenvalue weighted by molar-refractivity contribution is 0.587. The van der Waals surface area contributed by atoms with Gasteiger partial charge in [-0.25, -0.2) is 13.8 Å². The zero-order valence-electron chi connectivity index (χ0n) is 10.6. The number of nitrogens with two attached hydrogens (primary N) is 1. The molecule has 3 aromatic rings. The minimum Gasteiger partial charge on any atom is -0.396 e. The quantitative estimate of drug-likeness (QED) is 0.678. The van der Waals surface area contributed by atoms with Crippen molar-refractivity contribution in [2.45, 2.75) is 6.54 Å². The number of hydrogen-bond donors (Lipinski definition) is 1. The summed E-state index contributed by atoms with van der Waals surface area (Å²) in [6.07, 6.45) is 1.44. The van der Waals surface area contributed by atoms with Crippen LogP contribution in [0.1, 0.15) is 5.56 Å². The summed E-state index contributed by atoms with van der Waals surface area (Å²) >= 11 is 0. The molecule has 3 rings (SSSR count). The third-order valence-electron chi connectivity index (χ3n) is 3.02. The second-order valence-corrected chi connectivity index (χ2v) is 4.41. The van der Waals surface area contributed by atoms with Gasteiger partial charge in [0.25, 0.3) is 5.56 Å². The Kier molecular flexibility index (Phi) is 2.70. The number of halogens is 1. The summed E-state index contributed by atoms with van der Waals surface area (Å²) in [5.41, 5.74) is 6.14. The minimum atomic E-state index is -0.522. The monoisotopic (exact) mass is 274 g/mol. The summed E-state index contributed by atoms with van der Waals surface area (Å²) in [5.74, 6) is -0.522. The third-order valence-corrected chi connectivity index (χ3v) is 3.02. The van der Waals surface area contributed by atoms with Crippen molar-refractivity contribution in [3.63, 3.8) is 0 Å². The molecule has 0 radical (unpaired) electrons.